The number of aryl methyl sites for hydroxylation is 2. The molecule has 0 aliphatic rings. The van der Waals surface area contributed by atoms with Crippen molar-refractivity contribution in [2.45, 2.75) is 12.8 Å². The second kappa shape index (κ2) is 3.91. The number of imidazole rings is 1. The molecule has 7 heteroatoms. The van der Waals surface area contributed by atoms with Crippen LogP contribution in [0.3, 0.4) is 0 Å². The van der Waals surface area contributed by atoms with E-state index in [9.17, 15) is 0 Å². The number of rotatable bonds is 3. The van der Waals surface area contributed by atoms with Gasteiger partial charge in [-0.05, 0) is 0 Å². The standard InChI is InChI=1S/C8H11N7/c9-7-13-6(14-8(10)15-7)2-1-5-11-3-4-12-5/h3-4H,1-2H2,(H,11,12)(H4,9,10,13,14,15). The molecule has 0 radical (unpaired) electrons. The van der Waals surface area contributed by atoms with Crippen molar-refractivity contribution in [3.63, 3.8) is 0 Å². The van der Waals surface area contributed by atoms with E-state index in [4.69, 9.17) is 11.5 Å². The van der Waals surface area contributed by atoms with Crippen molar-refractivity contribution in [1.82, 2.24) is 24.9 Å². The fourth-order valence-electron chi connectivity index (χ4n) is 1.23. The number of anilines is 2. The van der Waals surface area contributed by atoms with Crippen LogP contribution in [-0.4, -0.2) is 24.9 Å². The van der Waals surface area contributed by atoms with E-state index in [1.807, 2.05) is 0 Å². The summed E-state index contributed by atoms with van der Waals surface area (Å²) in [4.78, 5) is 18.7. The molecule has 0 saturated heterocycles. The number of hydrogen-bond donors (Lipinski definition) is 3. The summed E-state index contributed by atoms with van der Waals surface area (Å²) in [6.45, 7) is 0. The molecule has 7 nitrogen and oxygen atoms in total. The molecular weight excluding hydrogens is 194 g/mol. The average molecular weight is 205 g/mol. The number of aromatic nitrogens is 5. The minimum atomic E-state index is 0.150. The van der Waals surface area contributed by atoms with E-state index in [-0.39, 0.29) is 11.9 Å². The molecule has 2 aromatic rings. The predicted octanol–water partition coefficient (Wildman–Crippen LogP) is -0.456. The lowest BCUT2D eigenvalue weighted by Gasteiger charge is -2.00. The fourth-order valence-corrected chi connectivity index (χ4v) is 1.23. The number of nitrogens with two attached hydrogens (primary N) is 2. The molecule has 15 heavy (non-hydrogen) atoms. The van der Waals surface area contributed by atoms with E-state index in [1.165, 1.54) is 0 Å². The molecule has 2 rings (SSSR count). The molecule has 0 atom stereocenters. The Hall–Kier alpha value is -2.18. The Morgan fingerprint density at radius 2 is 1.80 bits per heavy atom. The highest BCUT2D eigenvalue weighted by Gasteiger charge is 2.03. The number of hydrogen-bond acceptors (Lipinski definition) is 6. The van der Waals surface area contributed by atoms with Crippen molar-refractivity contribution >= 4 is 11.9 Å². The van der Waals surface area contributed by atoms with E-state index in [1.54, 1.807) is 12.4 Å². The summed E-state index contributed by atoms with van der Waals surface area (Å²) in [6.07, 6.45) is 4.82. The van der Waals surface area contributed by atoms with E-state index < -0.39 is 0 Å². The summed E-state index contributed by atoms with van der Waals surface area (Å²) >= 11 is 0. The van der Waals surface area contributed by atoms with Gasteiger partial charge >= 0.3 is 0 Å². The Morgan fingerprint density at radius 3 is 2.40 bits per heavy atom. The number of nitrogen functional groups attached to an aromatic ring is 2. The number of nitrogens with one attached hydrogen (secondary N) is 1. The van der Waals surface area contributed by atoms with Crippen molar-refractivity contribution in [3.8, 4) is 0 Å². The molecule has 2 aromatic heterocycles. The van der Waals surface area contributed by atoms with Gasteiger partial charge in [-0.2, -0.15) is 15.0 Å². The molecule has 0 aliphatic carbocycles. The van der Waals surface area contributed by atoms with Crippen LogP contribution < -0.4 is 11.5 Å². The minimum Gasteiger partial charge on any atom is -0.368 e. The van der Waals surface area contributed by atoms with Gasteiger partial charge in [0.15, 0.2) is 0 Å². The van der Waals surface area contributed by atoms with Crippen LogP contribution in [0, 0.1) is 0 Å². The zero-order valence-electron chi connectivity index (χ0n) is 8.01. The van der Waals surface area contributed by atoms with Crippen molar-refractivity contribution in [1.29, 1.82) is 0 Å². The molecule has 0 aliphatic heterocycles. The third-order valence-corrected chi connectivity index (χ3v) is 1.86. The molecule has 0 spiro atoms. The van der Waals surface area contributed by atoms with Crippen molar-refractivity contribution < 1.29 is 0 Å². The van der Waals surface area contributed by atoms with Gasteiger partial charge in [-0.25, -0.2) is 4.98 Å². The van der Waals surface area contributed by atoms with Crippen LogP contribution in [0.5, 0.6) is 0 Å². The first-order valence-electron chi connectivity index (χ1n) is 4.48. The Bertz CT molecular complexity index is 416. The Labute approximate surface area is 86.0 Å². The second-order valence-corrected chi connectivity index (χ2v) is 3.00. The third-order valence-electron chi connectivity index (χ3n) is 1.86. The highest BCUT2D eigenvalue weighted by Crippen LogP contribution is 2.02. The first-order valence-corrected chi connectivity index (χ1v) is 4.48. The Kier molecular flexibility index (Phi) is 2.44. The van der Waals surface area contributed by atoms with E-state index in [0.29, 0.717) is 12.2 Å². The zero-order valence-corrected chi connectivity index (χ0v) is 8.01. The zero-order chi connectivity index (χ0) is 10.7. The number of aromatic amines is 1. The van der Waals surface area contributed by atoms with Gasteiger partial charge in [0, 0.05) is 25.2 Å². The van der Waals surface area contributed by atoms with Crippen LogP contribution in [0.4, 0.5) is 11.9 Å². The maximum absolute atomic E-state index is 5.44. The first kappa shape index (κ1) is 9.38. The Balaban J connectivity index is 2.05. The number of H-pyrrole nitrogens is 1. The molecule has 78 valence electrons. The topological polar surface area (TPSA) is 119 Å². The maximum Gasteiger partial charge on any atom is 0.225 e. The quantitative estimate of drug-likeness (QED) is 0.624. The maximum atomic E-state index is 5.44. The summed E-state index contributed by atoms with van der Waals surface area (Å²) in [5.74, 6) is 1.76. The fraction of sp³-hybridized carbons (Fsp3) is 0.250. The molecule has 0 bridgehead atoms. The molecule has 0 fully saturated rings. The van der Waals surface area contributed by atoms with E-state index in [2.05, 4.69) is 24.9 Å². The van der Waals surface area contributed by atoms with Crippen molar-refractivity contribution in [3.05, 3.63) is 24.0 Å². The van der Waals surface area contributed by atoms with E-state index >= 15 is 0 Å². The molecule has 2 heterocycles. The molecule has 0 saturated carbocycles. The number of nitrogens with zero attached hydrogens (tertiary/aromatic N) is 4. The van der Waals surface area contributed by atoms with Crippen LogP contribution in [-0.2, 0) is 12.8 Å². The van der Waals surface area contributed by atoms with Gasteiger partial charge in [-0.3, -0.25) is 0 Å². The lowest BCUT2D eigenvalue weighted by atomic mass is 10.3. The summed E-state index contributed by atoms with van der Waals surface area (Å²) < 4.78 is 0. The summed E-state index contributed by atoms with van der Waals surface area (Å²) in [5.41, 5.74) is 10.9. The van der Waals surface area contributed by atoms with Crippen LogP contribution >= 0.6 is 0 Å². The third kappa shape index (κ3) is 2.39. The van der Waals surface area contributed by atoms with Crippen molar-refractivity contribution in [2.75, 3.05) is 11.5 Å². The SMILES string of the molecule is Nc1nc(N)nc(CCc2ncc[nH]2)n1. The van der Waals surface area contributed by atoms with Crippen LogP contribution in [0.1, 0.15) is 11.6 Å². The summed E-state index contributed by atoms with van der Waals surface area (Å²) in [7, 11) is 0. The van der Waals surface area contributed by atoms with Gasteiger partial charge in [-0.15, -0.1) is 0 Å². The smallest absolute Gasteiger partial charge is 0.225 e. The van der Waals surface area contributed by atoms with Crippen LogP contribution in [0.2, 0.25) is 0 Å². The Morgan fingerprint density at radius 1 is 1.07 bits per heavy atom. The predicted molar refractivity (Wildman–Crippen MR) is 54.6 cm³/mol. The van der Waals surface area contributed by atoms with Gasteiger partial charge in [-0.1, -0.05) is 0 Å². The molecule has 0 unspecified atom stereocenters. The molecule has 0 aromatic carbocycles. The van der Waals surface area contributed by atoms with Crippen LogP contribution in [0.15, 0.2) is 12.4 Å². The lowest BCUT2D eigenvalue weighted by Crippen LogP contribution is -2.08. The summed E-state index contributed by atoms with van der Waals surface area (Å²) in [5, 5.41) is 0. The van der Waals surface area contributed by atoms with Gasteiger partial charge in [0.2, 0.25) is 11.9 Å². The van der Waals surface area contributed by atoms with Gasteiger partial charge in [0.05, 0.1) is 0 Å². The highest BCUT2D eigenvalue weighted by atomic mass is 15.1. The molecular formula is C8H11N7. The summed E-state index contributed by atoms with van der Waals surface area (Å²) in [6, 6.07) is 0. The lowest BCUT2D eigenvalue weighted by molar-refractivity contribution is 0.812. The normalized spacial score (nSPS) is 10.4. The van der Waals surface area contributed by atoms with E-state index in [0.717, 1.165) is 12.2 Å². The molecule has 5 N–H and O–H groups in total. The second-order valence-electron chi connectivity index (χ2n) is 3.00. The monoisotopic (exact) mass is 205 g/mol. The average Bonchev–Trinajstić information content (AvgIpc) is 2.65. The highest BCUT2D eigenvalue weighted by molar-refractivity contribution is 5.25. The largest absolute Gasteiger partial charge is 0.368 e. The van der Waals surface area contributed by atoms with Crippen molar-refractivity contribution in [2.24, 2.45) is 0 Å². The van der Waals surface area contributed by atoms with Gasteiger partial charge in [0.25, 0.3) is 0 Å². The minimum absolute atomic E-state index is 0.150. The van der Waals surface area contributed by atoms with Crippen LogP contribution in [0.25, 0.3) is 0 Å². The van der Waals surface area contributed by atoms with Gasteiger partial charge < -0.3 is 16.5 Å². The molecule has 0 amide bonds. The first-order chi connectivity index (χ1) is 7.24. The van der Waals surface area contributed by atoms with Gasteiger partial charge in [0.1, 0.15) is 11.6 Å².